The molecule has 10 nitrogen and oxygen atoms in total. The highest BCUT2D eigenvalue weighted by molar-refractivity contribution is 8.13. The highest BCUT2D eigenvalue weighted by Gasteiger charge is 2.45. The van der Waals surface area contributed by atoms with Crippen LogP contribution in [0.1, 0.15) is 18.9 Å². The Labute approximate surface area is 295 Å². The standard InChI is InChI=1S/C35H39Cl2N7O3S/c1-2-41-14-3-19-48-34(41)40-27-5-7-28(8-6-27)42-15-17-43(18-16-42)29-9-11-30(12-10-29)45-21-31-22-46-35(47-31,23-44-25-38-24-39-44)32-13-4-26(36)20-33(32)37/h4-13,20,24-25,31H,2-3,14-19,21-23H2,1H3/t31-,35-/m1/s1. The van der Waals surface area contributed by atoms with E-state index in [4.69, 9.17) is 42.4 Å². The van der Waals surface area contributed by atoms with Crippen molar-refractivity contribution in [2.75, 3.05) is 68.0 Å². The molecule has 0 unspecified atom stereocenters. The topological polar surface area (TPSA) is 80.5 Å². The minimum Gasteiger partial charge on any atom is -0.491 e. The van der Waals surface area contributed by atoms with Gasteiger partial charge in [0.15, 0.2) is 5.17 Å². The van der Waals surface area contributed by atoms with Gasteiger partial charge in [0, 0.05) is 67.0 Å². The van der Waals surface area contributed by atoms with Gasteiger partial charge in [-0.3, -0.25) is 0 Å². The number of hydrogen-bond acceptors (Lipinski definition) is 9. The van der Waals surface area contributed by atoms with Crippen molar-refractivity contribution in [1.82, 2.24) is 19.7 Å². The van der Waals surface area contributed by atoms with Gasteiger partial charge in [0.1, 0.15) is 37.7 Å². The molecule has 3 aliphatic rings. The summed E-state index contributed by atoms with van der Waals surface area (Å²) >= 11 is 14.6. The second-order valence-corrected chi connectivity index (χ2v) is 13.9. The largest absolute Gasteiger partial charge is 0.491 e. The van der Waals surface area contributed by atoms with Crippen LogP contribution < -0.4 is 14.5 Å². The van der Waals surface area contributed by atoms with Crippen molar-refractivity contribution < 1.29 is 14.2 Å². The number of rotatable bonds is 10. The minimum absolute atomic E-state index is 0.282. The molecular weight excluding hydrogens is 669 g/mol. The maximum absolute atomic E-state index is 6.59. The van der Waals surface area contributed by atoms with Crippen LogP contribution in [0.5, 0.6) is 5.75 Å². The Balaban J connectivity index is 0.915. The zero-order chi connectivity index (χ0) is 32.9. The van der Waals surface area contributed by atoms with Gasteiger partial charge in [0.25, 0.3) is 0 Å². The molecule has 2 atom stereocenters. The Kier molecular flexibility index (Phi) is 10.3. The van der Waals surface area contributed by atoms with Crippen molar-refractivity contribution in [3.63, 3.8) is 0 Å². The summed E-state index contributed by atoms with van der Waals surface area (Å²) in [6, 6.07) is 22.2. The fourth-order valence-corrected chi connectivity index (χ4v) is 7.88. The van der Waals surface area contributed by atoms with E-state index < -0.39 is 5.79 Å². The van der Waals surface area contributed by atoms with Gasteiger partial charge in [0.05, 0.1) is 17.3 Å². The smallest absolute Gasteiger partial charge is 0.217 e. The number of aromatic nitrogens is 3. The highest BCUT2D eigenvalue weighted by atomic mass is 35.5. The lowest BCUT2D eigenvalue weighted by molar-refractivity contribution is -0.190. The Bertz CT molecular complexity index is 1690. The van der Waals surface area contributed by atoms with Crippen molar-refractivity contribution in [1.29, 1.82) is 0 Å². The van der Waals surface area contributed by atoms with Gasteiger partial charge < -0.3 is 28.9 Å². The first-order valence-electron chi connectivity index (χ1n) is 16.4. The summed E-state index contributed by atoms with van der Waals surface area (Å²) in [7, 11) is 0. The Morgan fingerprint density at radius 3 is 2.35 bits per heavy atom. The van der Waals surface area contributed by atoms with Crippen LogP contribution in [-0.2, 0) is 21.8 Å². The molecule has 3 aromatic carbocycles. The molecule has 13 heteroatoms. The lowest BCUT2D eigenvalue weighted by atomic mass is 10.1. The van der Waals surface area contributed by atoms with Crippen LogP contribution in [-0.4, -0.2) is 89.2 Å². The van der Waals surface area contributed by atoms with E-state index in [0.29, 0.717) is 28.8 Å². The summed E-state index contributed by atoms with van der Waals surface area (Å²) in [5, 5.41) is 6.38. The van der Waals surface area contributed by atoms with E-state index in [1.54, 1.807) is 23.1 Å². The van der Waals surface area contributed by atoms with Crippen LogP contribution in [0, 0.1) is 0 Å². The van der Waals surface area contributed by atoms with Gasteiger partial charge in [-0.2, -0.15) is 5.10 Å². The summed E-state index contributed by atoms with van der Waals surface area (Å²) in [6.45, 7) is 9.04. The molecule has 0 N–H and O–H groups in total. The monoisotopic (exact) mass is 707 g/mol. The van der Waals surface area contributed by atoms with E-state index in [1.807, 2.05) is 30.0 Å². The number of anilines is 2. The van der Waals surface area contributed by atoms with Gasteiger partial charge in [0.2, 0.25) is 5.79 Å². The van der Waals surface area contributed by atoms with Crippen LogP contribution in [0.2, 0.25) is 10.0 Å². The van der Waals surface area contributed by atoms with Crippen molar-refractivity contribution in [3.8, 4) is 5.75 Å². The first-order valence-corrected chi connectivity index (χ1v) is 18.1. The minimum atomic E-state index is -1.14. The first-order chi connectivity index (χ1) is 23.5. The van der Waals surface area contributed by atoms with Crippen LogP contribution in [0.25, 0.3) is 0 Å². The normalized spacial score (nSPS) is 22.4. The van der Waals surface area contributed by atoms with Crippen molar-refractivity contribution >= 4 is 57.2 Å². The number of amidine groups is 1. The molecule has 4 heterocycles. The van der Waals surface area contributed by atoms with Crippen LogP contribution >= 0.6 is 35.0 Å². The lowest BCUT2D eigenvalue weighted by Gasteiger charge is -2.37. The number of piperazine rings is 1. The Morgan fingerprint density at radius 2 is 1.69 bits per heavy atom. The van der Waals surface area contributed by atoms with Gasteiger partial charge in [-0.05, 0) is 74.0 Å². The number of hydrogen-bond donors (Lipinski definition) is 0. The van der Waals surface area contributed by atoms with E-state index >= 15 is 0 Å². The SMILES string of the molecule is CCN1CCCSC1=Nc1ccc(N2CCN(c3ccc(OC[C@@H]4CO[C@@](Cn5cncn5)(c5ccc(Cl)cc5Cl)O4)cc3)CC2)cc1. The molecule has 4 aromatic rings. The van der Waals surface area contributed by atoms with E-state index in [9.17, 15) is 0 Å². The van der Waals surface area contributed by atoms with Gasteiger partial charge in [-0.1, -0.05) is 41.0 Å². The van der Waals surface area contributed by atoms with Crippen LogP contribution in [0.15, 0.2) is 84.4 Å². The average molecular weight is 709 g/mol. The van der Waals surface area contributed by atoms with Gasteiger partial charge in [-0.15, -0.1) is 0 Å². The molecule has 3 saturated heterocycles. The molecule has 0 spiro atoms. The number of ether oxygens (including phenoxy) is 3. The molecule has 3 fully saturated rings. The predicted octanol–water partition coefficient (Wildman–Crippen LogP) is 6.71. The third kappa shape index (κ3) is 7.55. The molecule has 0 radical (unpaired) electrons. The molecule has 48 heavy (non-hydrogen) atoms. The van der Waals surface area contributed by atoms with Crippen molar-refractivity contribution in [2.45, 2.75) is 31.8 Å². The average Bonchev–Trinajstić information content (AvgIpc) is 3.79. The third-order valence-electron chi connectivity index (χ3n) is 8.85. The summed E-state index contributed by atoms with van der Waals surface area (Å²) < 4.78 is 20.6. The fourth-order valence-electron chi connectivity index (χ4n) is 6.30. The summed E-state index contributed by atoms with van der Waals surface area (Å²) in [5.41, 5.74) is 4.13. The number of halogens is 2. The van der Waals surface area contributed by atoms with E-state index in [2.05, 4.69) is 68.1 Å². The van der Waals surface area contributed by atoms with Crippen molar-refractivity contribution in [2.24, 2.45) is 4.99 Å². The van der Waals surface area contributed by atoms with E-state index in [1.165, 1.54) is 24.1 Å². The summed E-state index contributed by atoms with van der Waals surface area (Å²) in [5.74, 6) is 0.778. The predicted molar refractivity (Wildman–Crippen MR) is 193 cm³/mol. The number of aliphatic imine (C=N–C) groups is 1. The summed E-state index contributed by atoms with van der Waals surface area (Å²) in [6.07, 6.45) is 4.01. The molecular formula is C35H39Cl2N7O3S. The van der Waals surface area contributed by atoms with Crippen LogP contribution in [0.4, 0.5) is 17.1 Å². The fraction of sp³-hybridized carbons (Fsp3) is 0.400. The van der Waals surface area contributed by atoms with Crippen molar-refractivity contribution in [3.05, 3.63) is 95.0 Å². The zero-order valence-electron chi connectivity index (χ0n) is 26.9. The van der Waals surface area contributed by atoms with Gasteiger partial charge >= 0.3 is 0 Å². The molecule has 7 rings (SSSR count). The molecule has 0 bridgehead atoms. The number of nitrogens with zero attached hydrogens (tertiary/aromatic N) is 7. The second-order valence-electron chi connectivity index (χ2n) is 12.0. The van der Waals surface area contributed by atoms with Gasteiger partial charge in [-0.25, -0.2) is 14.7 Å². The lowest BCUT2D eigenvalue weighted by Crippen LogP contribution is -2.46. The van der Waals surface area contributed by atoms with E-state index in [0.717, 1.165) is 61.6 Å². The zero-order valence-corrected chi connectivity index (χ0v) is 29.2. The maximum atomic E-state index is 6.59. The number of thioether (sulfide) groups is 1. The quantitative estimate of drug-likeness (QED) is 0.179. The molecule has 1 aromatic heterocycles. The first kappa shape index (κ1) is 33.0. The maximum Gasteiger partial charge on any atom is 0.217 e. The molecule has 0 aliphatic carbocycles. The number of benzene rings is 3. The molecule has 3 aliphatic heterocycles. The highest BCUT2D eigenvalue weighted by Crippen LogP contribution is 2.40. The Morgan fingerprint density at radius 1 is 0.958 bits per heavy atom. The molecule has 0 saturated carbocycles. The molecule has 252 valence electrons. The Hall–Kier alpha value is -3.48. The third-order valence-corrected chi connectivity index (χ3v) is 10.5. The molecule has 0 amide bonds. The van der Waals surface area contributed by atoms with Crippen LogP contribution in [0.3, 0.4) is 0 Å². The second kappa shape index (κ2) is 15.0. The summed E-state index contributed by atoms with van der Waals surface area (Å²) in [4.78, 5) is 16.2. The van der Waals surface area contributed by atoms with E-state index in [-0.39, 0.29) is 12.6 Å².